The van der Waals surface area contributed by atoms with Gasteiger partial charge in [-0.2, -0.15) is 0 Å². The molecule has 0 aliphatic carbocycles. The molecule has 0 spiro atoms. The number of anilines is 1. The Morgan fingerprint density at radius 1 is 1.30 bits per heavy atom. The van der Waals surface area contributed by atoms with Crippen LogP contribution < -0.4 is 4.90 Å². The largest absolute Gasteiger partial charge is 0.385 e. The molecule has 2 unspecified atom stereocenters. The van der Waals surface area contributed by atoms with E-state index >= 15 is 0 Å². The van der Waals surface area contributed by atoms with Crippen molar-refractivity contribution in [2.24, 2.45) is 0 Å². The minimum Gasteiger partial charge on any atom is -0.385 e. The first-order valence-corrected chi connectivity index (χ1v) is 8.53. The van der Waals surface area contributed by atoms with Crippen LogP contribution >= 0.6 is 0 Å². The third-order valence-corrected chi connectivity index (χ3v) is 6.70. The van der Waals surface area contributed by atoms with E-state index in [1.807, 2.05) is 31.1 Å². The molecule has 0 amide bonds. The molecule has 1 aromatic rings. The SMILES string of the molecule is CN(C)c1ccc(C2(O)CC3CCCC(C2)S3=O)cn1. The van der Waals surface area contributed by atoms with Gasteiger partial charge >= 0.3 is 0 Å². The van der Waals surface area contributed by atoms with Crippen LogP contribution in [0.4, 0.5) is 5.82 Å². The summed E-state index contributed by atoms with van der Waals surface area (Å²) in [6.45, 7) is 0. The topological polar surface area (TPSA) is 53.4 Å². The summed E-state index contributed by atoms with van der Waals surface area (Å²) in [5.41, 5.74) is 0.0262. The van der Waals surface area contributed by atoms with E-state index in [9.17, 15) is 9.32 Å². The molecule has 2 fully saturated rings. The van der Waals surface area contributed by atoms with Crippen LogP contribution in [-0.4, -0.2) is 38.9 Å². The molecule has 4 nitrogen and oxygen atoms in total. The van der Waals surface area contributed by atoms with Crippen LogP contribution in [0.1, 0.15) is 37.7 Å². The molecular formula is C15H22N2O2S. The summed E-state index contributed by atoms with van der Waals surface area (Å²) < 4.78 is 12.2. The van der Waals surface area contributed by atoms with E-state index < -0.39 is 16.4 Å². The van der Waals surface area contributed by atoms with Gasteiger partial charge in [-0.25, -0.2) is 4.98 Å². The number of rotatable bonds is 2. The third kappa shape index (κ3) is 2.37. The minimum atomic E-state index is -0.846. The lowest BCUT2D eigenvalue weighted by atomic mass is 9.81. The number of nitrogens with zero attached hydrogens (tertiary/aromatic N) is 2. The highest BCUT2D eigenvalue weighted by Gasteiger charge is 2.46. The van der Waals surface area contributed by atoms with E-state index in [1.54, 1.807) is 6.20 Å². The zero-order valence-electron chi connectivity index (χ0n) is 12.1. The second-order valence-corrected chi connectivity index (χ2v) is 8.23. The van der Waals surface area contributed by atoms with Gasteiger partial charge in [0.15, 0.2) is 0 Å². The first-order valence-electron chi connectivity index (χ1n) is 7.25. The lowest BCUT2D eigenvalue weighted by Gasteiger charge is -2.43. The van der Waals surface area contributed by atoms with Gasteiger partial charge < -0.3 is 10.0 Å². The molecule has 3 heterocycles. The van der Waals surface area contributed by atoms with Crippen molar-refractivity contribution in [1.82, 2.24) is 4.98 Å². The van der Waals surface area contributed by atoms with Gasteiger partial charge in [-0.15, -0.1) is 0 Å². The highest BCUT2D eigenvalue weighted by molar-refractivity contribution is 7.86. The Morgan fingerprint density at radius 2 is 1.95 bits per heavy atom. The molecule has 0 saturated carbocycles. The zero-order valence-corrected chi connectivity index (χ0v) is 12.9. The molecule has 0 aromatic carbocycles. The van der Waals surface area contributed by atoms with Crippen LogP contribution in [-0.2, 0) is 16.4 Å². The summed E-state index contributed by atoms with van der Waals surface area (Å²) in [5, 5.41) is 11.3. The number of fused-ring (bicyclic) bond motifs is 2. The highest BCUT2D eigenvalue weighted by Crippen LogP contribution is 2.44. The Kier molecular flexibility index (Phi) is 3.58. The van der Waals surface area contributed by atoms with Gasteiger partial charge in [-0.3, -0.25) is 4.21 Å². The van der Waals surface area contributed by atoms with Gasteiger partial charge in [0.05, 0.1) is 5.60 Å². The maximum atomic E-state index is 12.2. The zero-order chi connectivity index (χ0) is 14.3. The van der Waals surface area contributed by atoms with Crippen LogP contribution in [0.15, 0.2) is 18.3 Å². The van der Waals surface area contributed by atoms with Crippen molar-refractivity contribution in [2.75, 3.05) is 19.0 Å². The summed E-state index contributed by atoms with van der Waals surface area (Å²) in [5.74, 6) is 0.886. The van der Waals surface area contributed by atoms with E-state index in [4.69, 9.17) is 0 Å². The van der Waals surface area contributed by atoms with E-state index in [-0.39, 0.29) is 10.5 Å². The molecule has 3 rings (SSSR count). The lowest BCUT2D eigenvalue weighted by Crippen LogP contribution is -2.47. The fourth-order valence-corrected chi connectivity index (χ4v) is 5.67. The third-order valence-electron chi connectivity index (χ3n) is 4.58. The van der Waals surface area contributed by atoms with E-state index in [0.29, 0.717) is 12.8 Å². The summed E-state index contributed by atoms with van der Waals surface area (Å²) in [6, 6.07) is 3.90. The van der Waals surface area contributed by atoms with Crippen molar-refractivity contribution in [2.45, 2.75) is 48.2 Å². The van der Waals surface area contributed by atoms with E-state index in [2.05, 4.69) is 4.98 Å². The van der Waals surface area contributed by atoms with Gasteiger partial charge in [-0.05, 0) is 31.7 Å². The van der Waals surface area contributed by atoms with Crippen molar-refractivity contribution in [3.63, 3.8) is 0 Å². The number of aliphatic hydroxyl groups is 1. The molecule has 2 atom stereocenters. The van der Waals surface area contributed by atoms with Gasteiger partial charge in [0.25, 0.3) is 0 Å². The van der Waals surface area contributed by atoms with Crippen molar-refractivity contribution >= 4 is 16.6 Å². The number of aromatic nitrogens is 1. The maximum Gasteiger partial charge on any atom is 0.127 e. The summed E-state index contributed by atoms with van der Waals surface area (Å²) in [4.78, 5) is 6.34. The number of pyridine rings is 1. The minimum absolute atomic E-state index is 0.154. The average Bonchev–Trinajstić information content (AvgIpc) is 2.41. The first kappa shape index (κ1) is 14.0. The number of hydrogen-bond donors (Lipinski definition) is 1. The molecule has 110 valence electrons. The fourth-order valence-electron chi connectivity index (χ4n) is 3.44. The van der Waals surface area contributed by atoms with Crippen LogP contribution in [0.25, 0.3) is 0 Å². The normalized spacial score (nSPS) is 36.6. The molecule has 0 radical (unpaired) electrons. The van der Waals surface area contributed by atoms with E-state index in [1.165, 1.54) is 0 Å². The Morgan fingerprint density at radius 3 is 2.45 bits per heavy atom. The second-order valence-electron chi connectivity index (χ2n) is 6.24. The quantitative estimate of drug-likeness (QED) is 0.903. The molecule has 5 heteroatoms. The predicted molar refractivity (Wildman–Crippen MR) is 81.3 cm³/mol. The summed E-state index contributed by atoms with van der Waals surface area (Å²) >= 11 is 0. The molecule has 1 N–H and O–H groups in total. The molecular weight excluding hydrogens is 272 g/mol. The Balaban J connectivity index is 1.87. The van der Waals surface area contributed by atoms with Crippen molar-refractivity contribution in [3.05, 3.63) is 23.9 Å². The Labute approximate surface area is 122 Å². The second kappa shape index (κ2) is 5.11. The molecule has 1 aromatic heterocycles. The Hall–Kier alpha value is -0.940. The average molecular weight is 294 g/mol. The van der Waals surface area contributed by atoms with Crippen molar-refractivity contribution in [1.29, 1.82) is 0 Å². The smallest absolute Gasteiger partial charge is 0.127 e. The number of hydrogen-bond acceptors (Lipinski definition) is 4. The molecule has 20 heavy (non-hydrogen) atoms. The van der Waals surface area contributed by atoms with Crippen molar-refractivity contribution < 1.29 is 9.32 Å². The van der Waals surface area contributed by atoms with Gasteiger partial charge in [0, 0.05) is 47.2 Å². The fraction of sp³-hybridized carbons (Fsp3) is 0.667. The van der Waals surface area contributed by atoms with Crippen LogP contribution in [0.2, 0.25) is 0 Å². The predicted octanol–water partition coefficient (Wildman–Crippen LogP) is 1.80. The van der Waals surface area contributed by atoms with E-state index in [0.717, 1.165) is 30.6 Å². The lowest BCUT2D eigenvalue weighted by molar-refractivity contribution is 0.00625. The first-order chi connectivity index (χ1) is 9.49. The standard InChI is InChI=1S/C15H22N2O2S/c1-17(2)14-7-6-11(10-16-14)15(18)8-12-4-3-5-13(9-15)20(12)19/h6-7,10,12-13,18H,3-5,8-9H2,1-2H3. The molecule has 2 aliphatic rings. The van der Waals surface area contributed by atoms with Crippen LogP contribution in [0.5, 0.6) is 0 Å². The Bertz CT molecular complexity index is 499. The maximum absolute atomic E-state index is 12.2. The highest BCUT2D eigenvalue weighted by atomic mass is 32.2. The monoisotopic (exact) mass is 294 g/mol. The van der Waals surface area contributed by atoms with Crippen LogP contribution in [0, 0.1) is 0 Å². The molecule has 2 saturated heterocycles. The van der Waals surface area contributed by atoms with Crippen LogP contribution in [0.3, 0.4) is 0 Å². The van der Waals surface area contributed by atoms with Gasteiger partial charge in [0.2, 0.25) is 0 Å². The molecule has 2 aliphatic heterocycles. The summed E-state index contributed by atoms with van der Waals surface area (Å²) in [7, 11) is 3.14. The van der Waals surface area contributed by atoms with Crippen molar-refractivity contribution in [3.8, 4) is 0 Å². The van der Waals surface area contributed by atoms with Gasteiger partial charge in [-0.1, -0.05) is 12.5 Å². The molecule has 2 bridgehead atoms. The van der Waals surface area contributed by atoms with Gasteiger partial charge in [0.1, 0.15) is 5.82 Å². The summed E-state index contributed by atoms with van der Waals surface area (Å²) in [6.07, 6.45) is 6.11.